The normalized spacial score (nSPS) is 17.5. The molecule has 10 heteroatoms. The number of halogens is 1. The Hall–Kier alpha value is -2.75. The highest BCUT2D eigenvalue weighted by Crippen LogP contribution is 2.30. The summed E-state index contributed by atoms with van der Waals surface area (Å²) in [5.74, 6) is 2.03. The lowest BCUT2D eigenvalue weighted by molar-refractivity contribution is 0.114. The molecule has 1 atom stereocenters. The first kappa shape index (κ1) is 22.1. The Labute approximate surface area is 198 Å². The van der Waals surface area contributed by atoms with Gasteiger partial charge in [-0.2, -0.15) is 9.97 Å². The molecule has 3 aromatic rings. The molecule has 0 radical (unpaired) electrons. The number of hydrogen-bond donors (Lipinski definition) is 2. The minimum atomic E-state index is -0.137. The van der Waals surface area contributed by atoms with Gasteiger partial charge in [0.15, 0.2) is 28.0 Å². The SMILES string of the molecule is COC(CNc1nc2nc(N3CCNCC3)nc(N3CCCC3)c2nc1Cl)c1ccccc1. The molecule has 0 spiro atoms. The average Bonchev–Trinajstić information content (AvgIpc) is 3.40. The number of nitrogens with one attached hydrogen (secondary N) is 2. The van der Waals surface area contributed by atoms with E-state index in [9.17, 15) is 0 Å². The summed E-state index contributed by atoms with van der Waals surface area (Å²) in [6, 6.07) is 10.1. The fourth-order valence-electron chi connectivity index (χ4n) is 4.36. The number of anilines is 3. The number of ether oxygens (including phenoxy) is 1. The van der Waals surface area contributed by atoms with Gasteiger partial charge in [-0.25, -0.2) is 9.97 Å². The Morgan fingerprint density at radius 1 is 1.00 bits per heavy atom. The standard InChI is InChI=1S/C23H29ClN8O/c1-33-17(16-7-3-2-4-8-16)15-26-21-19(24)27-18-20(28-21)29-23(32-13-9-25-10-14-32)30-22(18)31-11-5-6-12-31/h2-4,7-8,17,25H,5-6,9-15H2,1H3,(H,26,28,29,30). The van der Waals surface area contributed by atoms with Crippen LogP contribution in [0.5, 0.6) is 0 Å². The van der Waals surface area contributed by atoms with Gasteiger partial charge in [0.05, 0.1) is 6.10 Å². The minimum Gasteiger partial charge on any atom is -0.375 e. The van der Waals surface area contributed by atoms with Crippen molar-refractivity contribution in [1.29, 1.82) is 0 Å². The summed E-state index contributed by atoms with van der Waals surface area (Å²) in [7, 11) is 1.70. The molecule has 2 fully saturated rings. The zero-order valence-corrected chi connectivity index (χ0v) is 19.6. The quantitative estimate of drug-likeness (QED) is 0.543. The molecule has 0 aliphatic carbocycles. The molecule has 0 saturated carbocycles. The largest absolute Gasteiger partial charge is 0.375 e. The van der Waals surface area contributed by atoms with E-state index < -0.39 is 0 Å². The van der Waals surface area contributed by atoms with Crippen LogP contribution in [0.2, 0.25) is 5.15 Å². The maximum atomic E-state index is 6.57. The fourth-order valence-corrected chi connectivity index (χ4v) is 4.56. The number of piperazine rings is 1. The van der Waals surface area contributed by atoms with Crippen molar-refractivity contribution in [3.05, 3.63) is 41.0 Å². The number of aromatic nitrogens is 4. The average molecular weight is 469 g/mol. The van der Waals surface area contributed by atoms with Gasteiger partial charge in [-0.3, -0.25) is 0 Å². The van der Waals surface area contributed by atoms with Crippen LogP contribution in [-0.4, -0.2) is 72.9 Å². The molecule has 1 unspecified atom stereocenters. The summed E-state index contributed by atoms with van der Waals surface area (Å²) < 4.78 is 5.67. The highest BCUT2D eigenvalue weighted by molar-refractivity contribution is 6.32. The molecule has 2 aliphatic heterocycles. The van der Waals surface area contributed by atoms with Crippen LogP contribution in [0.25, 0.3) is 11.2 Å². The number of benzene rings is 1. The van der Waals surface area contributed by atoms with E-state index in [1.165, 1.54) is 0 Å². The number of hydrogen-bond acceptors (Lipinski definition) is 9. The van der Waals surface area contributed by atoms with E-state index in [4.69, 9.17) is 31.3 Å². The van der Waals surface area contributed by atoms with Gasteiger partial charge in [-0.05, 0) is 18.4 Å². The predicted molar refractivity (Wildman–Crippen MR) is 131 cm³/mol. The molecule has 2 N–H and O–H groups in total. The van der Waals surface area contributed by atoms with Gasteiger partial charge in [0.25, 0.3) is 0 Å². The minimum absolute atomic E-state index is 0.137. The summed E-state index contributed by atoms with van der Waals surface area (Å²) in [6.45, 7) is 5.98. The smallest absolute Gasteiger partial charge is 0.229 e. The lowest BCUT2D eigenvalue weighted by atomic mass is 10.1. The van der Waals surface area contributed by atoms with Gasteiger partial charge < -0.3 is 25.2 Å². The molecule has 2 aromatic heterocycles. The van der Waals surface area contributed by atoms with Crippen LogP contribution >= 0.6 is 11.6 Å². The van der Waals surface area contributed by atoms with E-state index in [1.807, 2.05) is 30.3 Å². The third-order valence-corrected chi connectivity index (χ3v) is 6.44. The number of methoxy groups -OCH3 is 1. The van der Waals surface area contributed by atoms with Gasteiger partial charge in [-0.1, -0.05) is 41.9 Å². The second-order valence-electron chi connectivity index (χ2n) is 8.33. The molecule has 0 amide bonds. The van der Waals surface area contributed by atoms with E-state index in [2.05, 4.69) is 25.4 Å². The maximum absolute atomic E-state index is 6.57. The van der Waals surface area contributed by atoms with Crippen molar-refractivity contribution in [2.45, 2.75) is 18.9 Å². The molecule has 0 bridgehead atoms. The first-order valence-corrected chi connectivity index (χ1v) is 11.9. The lowest BCUT2D eigenvalue weighted by Crippen LogP contribution is -2.44. The third kappa shape index (κ3) is 4.80. The fraction of sp³-hybridized carbons (Fsp3) is 0.478. The van der Waals surface area contributed by atoms with Crippen molar-refractivity contribution in [1.82, 2.24) is 25.3 Å². The topological polar surface area (TPSA) is 91.3 Å². The van der Waals surface area contributed by atoms with Gasteiger partial charge >= 0.3 is 0 Å². The van der Waals surface area contributed by atoms with E-state index in [0.717, 1.165) is 63.5 Å². The van der Waals surface area contributed by atoms with E-state index >= 15 is 0 Å². The van der Waals surface area contributed by atoms with Gasteiger partial charge in [-0.15, -0.1) is 0 Å². The van der Waals surface area contributed by atoms with Crippen molar-refractivity contribution < 1.29 is 4.74 Å². The summed E-state index contributed by atoms with van der Waals surface area (Å²) in [6.07, 6.45) is 2.15. The molecule has 1 aromatic carbocycles. The van der Waals surface area contributed by atoms with Crippen LogP contribution in [0.3, 0.4) is 0 Å². The second kappa shape index (κ2) is 10.0. The van der Waals surface area contributed by atoms with Crippen LogP contribution in [0.15, 0.2) is 30.3 Å². The molecule has 4 heterocycles. The highest BCUT2D eigenvalue weighted by Gasteiger charge is 2.24. The Balaban J connectivity index is 1.48. The monoisotopic (exact) mass is 468 g/mol. The van der Waals surface area contributed by atoms with Crippen LogP contribution in [0.1, 0.15) is 24.5 Å². The summed E-state index contributed by atoms with van der Waals surface area (Å²) in [5.41, 5.74) is 2.29. The van der Waals surface area contributed by atoms with Crippen molar-refractivity contribution in [2.75, 3.05) is 68.0 Å². The third-order valence-electron chi connectivity index (χ3n) is 6.17. The number of fused-ring (bicyclic) bond motifs is 1. The summed E-state index contributed by atoms with van der Waals surface area (Å²) in [5, 5.41) is 7.00. The van der Waals surface area contributed by atoms with E-state index in [1.54, 1.807) is 7.11 Å². The molecule has 9 nitrogen and oxygen atoms in total. The zero-order valence-electron chi connectivity index (χ0n) is 18.8. The van der Waals surface area contributed by atoms with Crippen molar-refractivity contribution in [2.24, 2.45) is 0 Å². The number of rotatable bonds is 7. The van der Waals surface area contributed by atoms with Crippen molar-refractivity contribution >= 4 is 40.3 Å². The van der Waals surface area contributed by atoms with Crippen LogP contribution in [0, 0.1) is 0 Å². The van der Waals surface area contributed by atoms with E-state index in [-0.39, 0.29) is 6.10 Å². The molecule has 2 aliphatic rings. The Morgan fingerprint density at radius 2 is 1.76 bits per heavy atom. The lowest BCUT2D eigenvalue weighted by Gasteiger charge is -2.28. The van der Waals surface area contributed by atoms with Gasteiger partial charge in [0.2, 0.25) is 5.95 Å². The molecule has 2 saturated heterocycles. The number of nitrogens with zero attached hydrogens (tertiary/aromatic N) is 6. The Kier molecular flexibility index (Phi) is 6.70. The van der Waals surface area contributed by atoms with Crippen LogP contribution < -0.4 is 20.4 Å². The summed E-state index contributed by atoms with van der Waals surface area (Å²) >= 11 is 6.57. The molecule has 174 valence electrons. The Morgan fingerprint density at radius 3 is 2.48 bits per heavy atom. The Bertz CT molecular complexity index is 1090. The molecule has 33 heavy (non-hydrogen) atoms. The first-order chi connectivity index (χ1) is 16.2. The van der Waals surface area contributed by atoms with Crippen molar-refractivity contribution in [3.8, 4) is 0 Å². The first-order valence-electron chi connectivity index (χ1n) is 11.5. The summed E-state index contributed by atoms with van der Waals surface area (Å²) in [4.78, 5) is 23.6. The van der Waals surface area contributed by atoms with Gasteiger partial charge in [0, 0.05) is 52.9 Å². The maximum Gasteiger partial charge on any atom is 0.229 e. The van der Waals surface area contributed by atoms with Crippen LogP contribution in [-0.2, 0) is 4.74 Å². The predicted octanol–water partition coefficient (Wildman–Crippen LogP) is 2.88. The highest BCUT2D eigenvalue weighted by atomic mass is 35.5. The van der Waals surface area contributed by atoms with E-state index in [0.29, 0.717) is 34.6 Å². The molecular weight excluding hydrogens is 440 g/mol. The second-order valence-corrected chi connectivity index (χ2v) is 8.69. The molecule has 5 rings (SSSR count). The zero-order chi connectivity index (χ0) is 22.6. The molecular formula is C23H29ClN8O. The van der Waals surface area contributed by atoms with Crippen molar-refractivity contribution in [3.63, 3.8) is 0 Å². The van der Waals surface area contributed by atoms with Crippen LogP contribution in [0.4, 0.5) is 17.6 Å². The van der Waals surface area contributed by atoms with Gasteiger partial charge in [0.1, 0.15) is 0 Å².